The van der Waals surface area contributed by atoms with Gasteiger partial charge < -0.3 is 9.80 Å². The Morgan fingerprint density at radius 3 is 3.05 bits per heavy atom. The lowest BCUT2D eigenvalue weighted by Gasteiger charge is -2.48. The van der Waals surface area contributed by atoms with Crippen molar-refractivity contribution in [3.63, 3.8) is 0 Å². The van der Waals surface area contributed by atoms with E-state index in [1.165, 1.54) is 4.90 Å². The SMILES string of the molecule is CCCC[C@]1(C)[C@@H]2SCC(=O)N2CC[NH+]1CC(=O)NN. The van der Waals surface area contributed by atoms with E-state index in [2.05, 4.69) is 19.3 Å². The molecule has 2 rings (SSSR count). The van der Waals surface area contributed by atoms with Gasteiger partial charge in [-0.05, 0) is 13.3 Å². The van der Waals surface area contributed by atoms with Crippen molar-refractivity contribution in [1.29, 1.82) is 0 Å². The third-order valence-corrected chi connectivity index (χ3v) is 6.06. The van der Waals surface area contributed by atoms with E-state index in [1.54, 1.807) is 11.8 Å². The number of nitrogens with one attached hydrogen (secondary N) is 2. The topological polar surface area (TPSA) is 79.9 Å². The fourth-order valence-corrected chi connectivity index (χ4v) is 4.84. The Morgan fingerprint density at radius 2 is 2.40 bits per heavy atom. The monoisotopic (exact) mass is 301 g/mol. The zero-order valence-electron chi connectivity index (χ0n) is 12.3. The molecule has 2 amide bonds. The molecule has 0 spiro atoms. The molecular formula is C13H25N4O2S+. The first-order valence-electron chi connectivity index (χ1n) is 7.28. The zero-order chi connectivity index (χ0) is 14.8. The van der Waals surface area contributed by atoms with Gasteiger partial charge in [0.2, 0.25) is 5.91 Å². The molecule has 1 unspecified atom stereocenters. The summed E-state index contributed by atoms with van der Waals surface area (Å²) in [4.78, 5) is 26.9. The third-order valence-electron chi connectivity index (χ3n) is 4.56. The minimum atomic E-state index is -0.134. The Labute approximate surface area is 124 Å². The van der Waals surface area contributed by atoms with Gasteiger partial charge in [0, 0.05) is 6.42 Å². The van der Waals surface area contributed by atoms with E-state index in [0.717, 1.165) is 32.4 Å². The fourth-order valence-electron chi connectivity index (χ4n) is 3.32. The number of carbonyl (C=O) groups is 2. The van der Waals surface area contributed by atoms with Gasteiger partial charge in [0.1, 0.15) is 10.9 Å². The van der Waals surface area contributed by atoms with Crippen molar-refractivity contribution in [1.82, 2.24) is 10.3 Å². The number of hydrazine groups is 1. The van der Waals surface area contributed by atoms with Gasteiger partial charge in [0.25, 0.3) is 5.91 Å². The lowest BCUT2D eigenvalue weighted by atomic mass is 9.89. The van der Waals surface area contributed by atoms with Crippen LogP contribution < -0.4 is 16.2 Å². The molecule has 114 valence electrons. The minimum Gasteiger partial charge on any atom is -0.319 e. The number of carbonyl (C=O) groups excluding carboxylic acids is 2. The quantitative estimate of drug-likeness (QED) is 0.336. The fraction of sp³-hybridized carbons (Fsp3) is 0.846. The highest BCUT2D eigenvalue weighted by Gasteiger charge is 2.54. The van der Waals surface area contributed by atoms with Gasteiger partial charge >= 0.3 is 0 Å². The average molecular weight is 301 g/mol. The van der Waals surface area contributed by atoms with Crippen molar-refractivity contribution in [3.8, 4) is 0 Å². The van der Waals surface area contributed by atoms with Crippen LogP contribution in [0, 0.1) is 0 Å². The molecule has 0 radical (unpaired) electrons. The molecule has 0 saturated carbocycles. The van der Waals surface area contributed by atoms with Gasteiger partial charge in [0.05, 0.1) is 18.8 Å². The maximum absolute atomic E-state index is 12.0. The summed E-state index contributed by atoms with van der Waals surface area (Å²) in [5.41, 5.74) is 2.16. The smallest absolute Gasteiger partial charge is 0.289 e. The van der Waals surface area contributed by atoms with Crippen molar-refractivity contribution < 1.29 is 14.5 Å². The number of fused-ring (bicyclic) bond motifs is 1. The second-order valence-corrected chi connectivity index (χ2v) is 6.94. The molecule has 20 heavy (non-hydrogen) atoms. The van der Waals surface area contributed by atoms with Gasteiger partial charge in [-0.15, -0.1) is 11.8 Å². The van der Waals surface area contributed by atoms with Gasteiger partial charge in [-0.3, -0.25) is 15.0 Å². The molecule has 0 aromatic heterocycles. The molecule has 3 atom stereocenters. The number of thioether (sulfide) groups is 1. The Hall–Kier alpha value is -0.790. The lowest BCUT2D eigenvalue weighted by molar-refractivity contribution is -0.950. The molecule has 2 heterocycles. The van der Waals surface area contributed by atoms with E-state index in [1.807, 2.05) is 4.90 Å². The maximum Gasteiger partial charge on any atom is 0.289 e. The van der Waals surface area contributed by atoms with Crippen molar-refractivity contribution >= 4 is 23.6 Å². The molecule has 2 fully saturated rings. The van der Waals surface area contributed by atoms with Crippen LogP contribution in [0.4, 0.5) is 0 Å². The van der Waals surface area contributed by atoms with E-state index in [-0.39, 0.29) is 22.7 Å². The molecule has 0 aromatic rings. The van der Waals surface area contributed by atoms with Crippen LogP contribution >= 0.6 is 11.8 Å². The van der Waals surface area contributed by atoms with Crippen LogP contribution in [0.2, 0.25) is 0 Å². The lowest BCUT2D eigenvalue weighted by Crippen LogP contribution is -3.24. The predicted octanol–water partition coefficient (Wildman–Crippen LogP) is -1.27. The summed E-state index contributed by atoms with van der Waals surface area (Å²) in [5, 5.41) is 0.191. The van der Waals surface area contributed by atoms with Gasteiger partial charge in [-0.1, -0.05) is 13.3 Å². The number of piperazine rings is 1. The zero-order valence-corrected chi connectivity index (χ0v) is 13.1. The number of amides is 2. The Balaban J connectivity index is 2.18. The van der Waals surface area contributed by atoms with Crippen molar-refractivity contribution in [2.45, 2.75) is 44.0 Å². The number of hydrogen-bond donors (Lipinski definition) is 3. The minimum absolute atomic E-state index is 0.0718. The second-order valence-electron chi connectivity index (χ2n) is 5.87. The van der Waals surface area contributed by atoms with Crippen LogP contribution in [0.3, 0.4) is 0 Å². The van der Waals surface area contributed by atoms with E-state index in [4.69, 9.17) is 5.84 Å². The molecule has 6 nitrogen and oxygen atoms in total. The summed E-state index contributed by atoms with van der Waals surface area (Å²) in [6.07, 6.45) is 3.26. The number of rotatable bonds is 5. The summed E-state index contributed by atoms with van der Waals surface area (Å²) in [7, 11) is 0. The van der Waals surface area contributed by atoms with Crippen LogP contribution in [0.5, 0.6) is 0 Å². The highest BCUT2D eigenvalue weighted by molar-refractivity contribution is 8.01. The summed E-state index contributed by atoms with van der Waals surface area (Å²) >= 11 is 1.72. The number of hydrogen-bond acceptors (Lipinski definition) is 4. The standard InChI is InChI=1S/C13H24N4O2S/c1-3-4-5-13(2)12-17(11(19)9-20-12)7-6-16(13)8-10(18)15-14/h12H,3-9,14H2,1-2H3,(H,15,18)/p+1/t12-,13+/m0/s1. The highest BCUT2D eigenvalue weighted by atomic mass is 32.2. The summed E-state index contributed by atoms with van der Waals surface area (Å²) in [5.74, 6) is 5.90. The predicted molar refractivity (Wildman–Crippen MR) is 78.9 cm³/mol. The molecule has 0 aromatic carbocycles. The molecule has 2 aliphatic rings. The van der Waals surface area contributed by atoms with E-state index < -0.39 is 0 Å². The maximum atomic E-state index is 12.0. The summed E-state index contributed by atoms with van der Waals surface area (Å²) in [6, 6.07) is 0. The first-order valence-corrected chi connectivity index (χ1v) is 8.33. The van der Waals surface area contributed by atoms with Crippen molar-refractivity contribution in [2.75, 3.05) is 25.4 Å². The first-order chi connectivity index (χ1) is 9.52. The van der Waals surface area contributed by atoms with E-state index in [0.29, 0.717) is 12.3 Å². The van der Waals surface area contributed by atoms with Gasteiger partial charge in [-0.25, -0.2) is 5.84 Å². The number of nitrogens with zero attached hydrogens (tertiary/aromatic N) is 1. The van der Waals surface area contributed by atoms with Gasteiger partial charge in [0.15, 0.2) is 6.54 Å². The second kappa shape index (κ2) is 6.32. The van der Waals surface area contributed by atoms with E-state index >= 15 is 0 Å². The Kier molecular flexibility index (Phi) is 4.93. The normalized spacial score (nSPS) is 33.1. The third kappa shape index (κ3) is 2.80. The number of unbranched alkanes of at least 4 members (excludes halogenated alkanes) is 1. The van der Waals surface area contributed by atoms with Crippen LogP contribution in [-0.2, 0) is 9.59 Å². The van der Waals surface area contributed by atoms with E-state index in [9.17, 15) is 9.59 Å². The molecule has 4 N–H and O–H groups in total. The number of nitrogens with two attached hydrogens (primary N) is 1. The van der Waals surface area contributed by atoms with Crippen molar-refractivity contribution in [2.24, 2.45) is 5.84 Å². The highest BCUT2D eigenvalue weighted by Crippen LogP contribution is 2.35. The van der Waals surface area contributed by atoms with Crippen LogP contribution in [-0.4, -0.2) is 53.0 Å². The average Bonchev–Trinajstić information content (AvgIpc) is 2.82. The molecule has 2 saturated heterocycles. The molecule has 2 aliphatic heterocycles. The van der Waals surface area contributed by atoms with Crippen LogP contribution in [0.25, 0.3) is 0 Å². The summed E-state index contributed by atoms with van der Waals surface area (Å²) in [6.45, 7) is 6.32. The molecule has 7 heteroatoms. The summed E-state index contributed by atoms with van der Waals surface area (Å²) < 4.78 is 0. The van der Waals surface area contributed by atoms with Crippen LogP contribution in [0.15, 0.2) is 0 Å². The first kappa shape index (κ1) is 15.6. The Morgan fingerprint density at radius 1 is 1.65 bits per heavy atom. The molecule has 0 bridgehead atoms. The number of quaternary nitrogens is 1. The van der Waals surface area contributed by atoms with Crippen molar-refractivity contribution in [3.05, 3.63) is 0 Å². The largest absolute Gasteiger partial charge is 0.319 e. The molecule has 0 aliphatic carbocycles. The molecular weight excluding hydrogens is 276 g/mol. The van der Waals surface area contributed by atoms with Crippen LogP contribution in [0.1, 0.15) is 33.1 Å². The Bertz CT molecular complexity index is 393. The van der Waals surface area contributed by atoms with Gasteiger partial charge in [-0.2, -0.15) is 0 Å².